The molecule has 0 aliphatic rings. The van der Waals surface area contributed by atoms with Crippen molar-refractivity contribution >= 4 is 33.7 Å². The quantitative estimate of drug-likeness (QED) is 0.599. The molecule has 6 nitrogen and oxygen atoms in total. The molecule has 0 spiro atoms. The molecule has 0 fully saturated rings. The topological polar surface area (TPSA) is 64.7 Å². The van der Waals surface area contributed by atoms with E-state index in [0.29, 0.717) is 16.8 Å². The highest BCUT2D eigenvalue weighted by molar-refractivity contribution is 9.10. The number of aryl methyl sites for hydroxylation is 1. The second kappa shape index (κ2) is 8.30. The molecular formula is C19H19BrFN5O. The number of nitrogens with zero attached hydrogens (tertiary/aromatic N) is 4. The average Bonchev–Trinajstić information content (AvgIpc) is 3.17. The molecular weight excluding hydrogens is 413 g/mol. The summed E-state index contributed by atoms with van der Waals surface area (Å²) >= 11 is 3.40. The van der Waals surface area contributed by atoms with Gasteiger partial charge < -0.3 is 5.32 Å². The number of benzene rings is 1. The first-order chi connectivity index (χ1) is 13.0. The van der Waals surface area contributed by atoms with Crippen LogP contribution in [0.5, 0.6) is 0 Å². The Morgan fingerprint density at radius 3 is 2.74 bits per heavy atom. The zero-order valence-corrected chi connectivity index (χ0v) is 16.6. The third kappa shape index (κ3) is 4.71. The lowest BCUT2D eigenvalue weighted by Crippen LogP contribution is -2.09. The summed E-state index contributed by atoms with van der Waals surface area (Å²) in [6.45, 7) is 5.23. The molecule has 0 bridgehead atoms. The van der Waals surface area contributed by atoms with Crippen molar-refractivity contribution in [1.82, 2.24) is 19.6 Å². The Bertz CT molecular complexity index is 975. The van der Waals surface area contributed by atoms with E-state index in [0.717, 1.165) is 23.4 Å². The van der Waals surface area contributed by atoms with Gasteiger partial charge in [0.2, 0.25) is 5.91 Å². The van der Waals surface area contributed by atoms with Crippen molar-refractivity contribution in [2.75, 3.05) is 5.32 Å². The normalized spacial score (nSPS) is 11.3. The molecule has 0 atom stereocenters. The van der Waals surface area contributed by atoms with Gasteiger partial charge in [-0.2, -0.15) is 10.2 Å². The highest BCUT2D eigenvalue weighted by atomic mass is 79.9. The molecule has 140 valence electrons. The smallest absolute Gasteiger partial charge is 0.249 e. The van der Waals surface area contributed by atoms with E-state index in [4.69, 9.17) is 0 Å². The Kier molecular flexibility index (Phi) is 5.85. The summed E-state index contributed by atoms with van der Waals surface area (Å²) in [5.74, 6) is -0.140. The molecule has 27 heavy (non-hydrogen) atoms. The lowest BCUT2D eigenvalue weighted by molar-refractivity contribution is -0.111. The van der Waals surface area contributed by atoms with Crippen molar-refractivity contribution in [3.8, 4) is 0 Å². The van der Waals surface area contributed by atoms with Gasteiger partial charge in [0, 0.05) is 30.1 Å². The highest BCUT2D eigenvalue weighted by Gasteiger charge is 2.10. The van der Waals surface area contributed by atoms with E-state index in [-0.39, 0.29) is 11.7 Å². The van der Waals surface area contributed by atoms with Gasteiger partial charge in [-0.1, -0.05) is 12.1 Å². The van der Waals surface area contributed by atoms with Crippen LogP contribution in [-0.2, 0) is 17.9 Å². The molecule has 1 amide bonds. The van der Waals surface area contributed by atoms with Gasteiger partial charge in [0.25, 0.3) is 0 Å². The fraction of sp³-hybridized carbons (Fsp3) is 0.211. The van der Waals surface area contributed by atoms with Crippen LogP contribution in [0.4, 0.5) is 10.2 Å². The Balaban J connectivity index is 1.65. The summed E-state index contributed by atoms with van der Waals surface area (Å²) in [6.07, 6.45) is 6.68. The van der Waals surface area contributed by atoms with Crippen LogP contribution in [-0.4, -0.2) is 25.5 Å². The van der Waals surface area contributed by atoms with Crippen LogP contribution in [0.1, 0.15) is 23.7 Å². The van der Waals surface area contributed by atoms with Crippen LogP contribution >= 0.6 is 15.9 Å². The summed E-state index contributed by atoms with van der Waals surface area (Å²) in [4.78, 5) is 12.2. The molecule has 0 aliphatic carbocycles. The van der Waals surface area contributed by atoms with Gasteiger partial charge in [0.05, 0.1) is 17.2 Å². The second-order valence-corrected chi connectivity index (χ2v) is 6.83. The standard InChI is InChI=1S/C19H19BrFN5O/c1-3-26-13(2)15(10-22-26)6-9-18(27)23-19-17(20)12-25(24-19)11-14-4-7-16(21)8-5-14/h4-10,12H,3,11H2,1-2H3,(H,23,24,27)/b9-6+. The minimum atomic E-state index is -0.286. The summed E-state index contributed by atoms with van der Waals surface area (Å²) < 4.78 is 17.2. The molecule has 0 aliphatic heterocycles. The van der Waals surface area contributed by atoms with Gasteiger partial charge in [0.15, 0.2) is 5.82 Å². The van der Waals surface area contributed by atoms with Crippen molar-refractivity contribution in [1.29, 1.82) is 0 Å². The van der Waals surface area contributed by atoms with Crippen molar-refractivity contribution in [3.63, 3.8) is 0 Å². The minimum Gasteiger partial charge on any atom is -0.305 e. The lowest BCUT2D eigenvalue weighted by atomic mass is 10.2. The predicted molar refractivity (Wildman–Crippen MR) is 106 cm³/mol. The average molecular weight is 432 g/mol. The fourth-order valence-corrected chi connectivity index (χ4v) is 3.02. The van der Waals surface area contributed by atoms with Crippen molar-refractivity contribution in [3.05, 3.63) is 69.8 Å². The van der Waals surface area contributed by atoms with Gasteiger partial charge in [-0.05, 0) is 53.5 Å². The molecule has 2 aromatic heterocycles. The number of carbonyl (C=O) groups excluding carboxylic acids is 1. The van der Waals surface area contributed by atoms with Crippen LogP contribution in [0.25, 0.3) is 6.08 Å². The van der Waals surface area contributed by atoms with Crippen LogP contribution in [0.15, 0.2) is 47.2 Å². The van der Waals surface area contributed by atoms with Gasteiger partial charge in [-0.25, -0.2) is 4.39 Å². The number of rotatable bonds is 6. The predicted octanol–water partition coefficient (Wildman–Crippen LogP) is 4.01. The number of amides is 1. The first kappa shape index (κ1) is 19.0. The van der Waals surface area contributed by atoms with Gasteiger partial charge in [0.1, 0.15) is 5.82 Å². The first-order valence-electron chi connectivity index (χ1n) is 8.45. The molecule has 3 aromatic rings. The Morgan fingerprint density at radius 2 is 2.07 bits per heavy atom. The van der Waals surface area contributed by atoms with Gasteiger partial charge in [-0.15, -0.1) is 0 Å². The van der Waals surface area contributed by atoms with Crippen molar-refractivity contribution < 1.29 is 9.18 Å². The van der Waals surface area contributed by atoms with Gasteiger partial charge in [-0.3, -0.25) is 14.2 Å². The maximum Gasteiger partial charge on any atom is 0.249 e. The van der Waals surface area contributed by atoms with E-state index in [2.05, 4.69) is 31.4 Å². The molecule has 3 rings (SSSR count). The summed E-state index contributed by atoms with van der Waals surface area (Å²) in [7, 11) is 0. The van der Waals surface area contributed by atoms with Crippen LogP contribution in [0, 0.1) is 12.7 Å². The number of hydrogen-bond donors (Lipinski definition) is 1. The molecule has 0 saturated carbocycles. The van der Waals surface area contributed by atoms with E-state index in [1.807, 2.05) is 18.5 Å². The molecule has 0 saturated heterocycles. The van der Waals surface area contributed by atoms with Gasteiger partial charge >= 0.3 is 0 Å². The number of aromatic nitrogens is 4. The zero-order chi connectivity index (χ0) is 19.4. The number of halogens is 2. The molecule has 0 unspecified atom stereocenters. The summed E-state index contributed by atoms with van der Waals surface area (Å²) in [6, 6.07) is 6.21. The number of carbonyl (C=O) groups is 1. The van der Waals surface area contributed by atoms with Crippen LogP contribution in [0.3, 0.4) is 0 Å². The SMILES string of the molecule is CCn1ncc(/C=C/C(=O)Nc2nn(Cc3ccc(F)cc3)cc2Br)c1C. The molecule has 8 heteroatoms. The largest absolute Gasteiger partial charge is 0.305 e. The third-order valence-electron chi connectivity index (χ3n) is 4.07. The van der Waals surface area contributed by atoms with Crippen LogP contribution in [0.2, 0.25) is 0 Å². The van der Waals surface area contributed by atoms with E-state index in [9.17, 15) is 9.18 Å². The summed E-state index contributed by atoms with van der Waals surface area (Å²) in [5, 5.41) is 11.3. The number of nitrogens with one attached hydrogen (secondary N) is 1. The maximum atomic E-state index is 13.0. The van der Waals surface area contributed by atoms with Crippen molar-refractivity contribution in [2.45, 2.75) is 26.9 Å². The Hall–Kier alpha value is -2.74. The highest BCUT2D eigenvalue weighted by Crippen LogP contribution is 2.21. The molecule has 1 aromatic carbocycles. The minimum absolute atomic E-state index is 0.278. The lowest BCUT2D eigenvalue weighted by Gasteiger charge is -2.02. The van der Waals surface area contributed by atoms with E-state index in [1.165, 1.54) is 18.2 Å². The summed E-state index contributed by atoms with van der Waals surface area (Å²) in [5.41, 5.74) is 2.81. The van der Waals surface area contributed by atoms with E-state index >= 15 is 0 Å². The van der Waals surface area contributed by atoms with Crippen LogP contribution < -0.4 is 5.32 Å². The number of anilines is 1. The third-order valence-corrected chi connectivity index (χ3v) is 4.65. The monoisotopic (exact) mass is 431 g/mol. The maximum absolute atomic E-state index is 13.0. The fourth-order valence-electron chi connectivity index (χ4n) is 2.61. The number of hydrogen-bond acceptors (Lipinski definition) is 3. The molecule has 1 N–H and O–H groups in total. The Labute approximate surface area is 164 Å². The Morgan fingerprint density at radius 1 is 1.33 bits per heavy atom. The molecule has 2 heterocycles. The van der Waals surface area contributed by atoms with E-state index in [1.54, 1.807) is 35.3 Å². The first-order valence-corrected chi connectivity index (χ1v) is 9.24. The van der Waals surface area contributed by atoms with E-state index < -0.39 is 0 Å². The molecule has 0 radical (unpaired) electrons. The second-order valence-electron chi connectivity index (χ2n) is 5.97. The van der Waals surface area contributed by atoms with Crippen molar-refractivity contribution in [2.24, 2.45) is 0 Å². The zero-order valence-electron chi connectivity index (χ0n) is 15.0.